The number of furan rings is 1. The average molecular weight is 261 g/mol. The van der Waals surface area contributed by atoms with Gasteiger partial charge in [-0.3, -0.25) is 4.90 Å². The lowest BCUT2D eigenvalue weighted by Crippen LogP contribution is -2.23. The molecule has 102 valence electrons. The predicted octanol–water partition coefficient (Wildman–Crippen LogP) is 3.36. The summed E-state index contributed by atoms with van der Waals surface area (Å²) in [6, 6.07) is 7.42. The van der Waals surface area contributed by atoms with Crippen molar-refractivity contribution >= 4 is 16.9 Å². The normalized spacial score (nSPS) is 11.3. The molecule has 1 aromatic heterocycles. The maximum Gasteiger partial charge on any atom is 0.371 e. The van der Waals surface area contributed by atoms with Crippen LogP contribution in [0.2, 0.25) is 0 Å². The summed E-state index contributed by atoms with van der Waals surface area (Å²) in [4.78, 5) is 13.2. The Balaban J connectivity index is 2.23. The van der Waals surface area contributed by atoms with Crippen molar-refractivity contribution in [2.24, 2.45) is 0 Å². The molecule has 1 N–H and O–H groups in total. The highest BCUT2D eigenvalue weighted by atomic mass is 16.4. The fraction of sp³-hybridized carbons (Fsp3) is 0.400. The van der Waals surface area contributed by atoms with Crippen LogP contribution >= 0.6 is 0 Å². The van der Waals surface area contributed by atoms with E-state index in [4.69, 9.17) is 9.52 Å². The van der Waals surface area contributed by atoms with Crippen molar-refractivity contribution < 1.29 is 14.3 Å². The molecule has 1 heterocycles. The molecule has 2 aromatic rings. The molecule has 2 rings (SSSR count). The number of carboxylic acid groups (broad SMARTS) is 1. The highest BCUT2D eigenvalue weighted by Gasteiger charge is 2.11. The first-order valence-corrected chi connectivity index (χ1v) is 6.62. The second-order valence-corrected chi connectivity index (χ2v) is 4.66. The Morgan fingerprint density at radius 1 is 1.32 bits per heavy atom. The van der Waals surface area contributed by atoms with Crippen molar-refractivity contribution in [3.05, 3.63) is 35.6 Å². The van der Waals surface area contributed by atoms with Gasteiger partial charge < -0.3 is 9.52 Å². The molecular formula is C15H19NO3. The minimum atomic E-state index is -1.03. The maximum absolute atomic E-state index is 10.9. The number of aromatic carboxylic acids is 1. The molecule has 4 heteroatoms. The van der Waals surface area contributed by atoms with Gasteiger partial charge in [0.1, 0.15) is 5.58 Å². The van der Waals surface area contributed by atoms with E-state index in [0.717, 1.165) is 31.4 Å². The number of hydrogen-bond acceptors (Lipinski definition) is 3. The van der Waals surface area contributed by atoms with Crippen LogP contribution in [0.5, 0.6) is 0 Å². The Labute approximate surface area is 112 Å². The van der Waals surface area contributed by atoms with E-state index in [9.17, 15) is 4.79 Å². The van der Waals surface area contributed by atoms with E-state index in [1.165, 1.54) is 5.56 Å². The van der Waals surface area contributed by atoms with Crippen molar-refractivity contribution in [1.29, 1.82) is 0 Å². The molecule has 0 aliphatic rings. The van der Waals surface area contributed by atoms with Crippen LogP contribution in [-0.4, -0.2) is 29.1 Å². The van der Waals surface area contributed by atoms with Crippen LogP contribution in [-0.2, 0) is 6.54 Å². The summed E-state index contributed by atoms with van der Waals surface area (Å²) >= 11 is 0. The predicted molar refractivity (Wildman–Crippen MR) is 74.4 cm³/mol. The number of carboxylic acids is 1. The van der Waals surface area contributed by atoms with Crippen LogP contribution in [0.4, 0.5) is 0 Å². The number of nitrogens with zero attached hydrogens (tertiary/aromatic N) is 1. The Morgan fingerprint density at radius 3 is 2.74 bits per heavy atom. The highest BCUT2D eigenvalue weighted by molar-refractivity contribution is 5.91. The first kappa shape index (κ1) is 13.6. The Kier molecular flexibility index (Phi) is 4.22. The summed E-state index contributed by atoms with van der Waals surface area (Å²) < 4.78 is 5.25. The van der Waals surface area contributed by atoms with Crippen LogP contribution in [0, 0.1) is 0 Å². The van der Waals surface area contributed by atoms with Gasteiger partial charge in [-0.25, -0.2) is 4.79 Å². The lowest BCUT2D eigenvalue weighted by Gasteiger charge is -2.19. The third-order valence-electron chi connectivity index (χ3n) is 3.18. The van der Waals surface area contributed by atoms with Crippen LogP contribution < -0.4 is 0 Å². The van der Waals surface area contributed by atoms with Crippen molar-refractivity contribution in [1.82, 2.24) is 4.90 Å². The van der Waals surface area contributed by atoms with Crippen molar-refractivity contribution in [2.75, 3.05) is 13.1 Å². The smallest absolute Gasteiger partial charge is 0.371 e. The zero-order chi connectivity index (χ0) is 13.8. The molecule has 0 aliphatic heterocycles. The number of rotatable bonds is 6. The molecule has 0 aliphatic carbocycles. The standard InChI is InChI=1S/C15H19NO3/c1-3-7-16(4-2)10-11-5-6-13-12(8-11)9-14(19-13)15(17)18/h5-6,8-9H,3-4,7,10H2,1-2H3,(H,17,18). The molecule has 0 unspecified atom stereocenters. The van der Waals surface area contributed by atoms with E-state index < -0.39 is 5.97 Å². The van der Waals surface area contributed by atoms with Crippen molar-refractivity contribution in [2.45, 2.75) is 26.8 Å². The quantitative estimate of drug-likeness (QED) is 0.866. The van der Waals surface area contributed by atoms with E-state index in [1.807, 2.05) is 18.2 Å². The van der Waals surface area contributed by atoms with Gasteiger partial charge in [-0.15, -0.1) is 0 Å². The highest BCUT2D eigenvalue weighted by Crippen LogP contribution is 2.21. The molecule has 0 saturated carbocycles. The molecule has 0 fully saturated rings. The van der Waals surface area contributed by atoms with E-state index in [0.29, 0.717) is 5.58 Å². The zero-order valence-electron chi connectivity index (χ0n) is 11.3. The molecule has 19 heavy (non-hydrogen) atoms. The molecule has 1 aromatic carbocycles. The molecule has 0 radical (unpaired) electrons. The van der Waals surface area contributed by atoms with Gasteiger partial charge in [0.05, 0.1) is 0 Å². The van der Waals surface area contributed by atoms with E-state index in [1.54, 1.807) is 6.07 Å². The summed E-state index contributed by atoms with van der Waals surface area (Å²) in [5, 5.41) is 9.76. The van der Waals surface area contributed by atoms with Gasteiger partial charge in [-0.1, -0.05) is 19.9 Å². The van der Waals surface area contributed by atoms with E-state index >= 15 is 0 Å². The van der Waals surface area contributed by atoms with Gasteiger partial charge in [0.15, 0.2) is 0 Å². The first-order chi connectivity index (χ1) is 9.13. The molecule has 0 spiro atoms. The van der Waals surface area contributed by atoms with Crippen LogP contribution in [0.15, 0.2) is 28.7 Å². The lowest BCUT2D eigenvalue weighted by molar-refractivity contribution is 0.0665. The van der Waals surface area contributed by atoms with Crippen molar-refractivity contribution in [3.63, 3.8) is 0 Å². The number of benzene rings is 1. The van der Waals surface area contributed by atoms with Gasteiger partial charge in [-0.2, -0.15) is 0 Å². The van der Waals surface area contributed by atoms with Crippen LogP contribution in [0.1, 0.15) is 36.4 Å². The lowest BCUT2D eigenvalue weighted by atomic mass is 10.1. The monoisotopic (exact) mass is 261 g/mol. The largest absolute Gasteiger partial charge is 0.475 e. The number of fused-ring (bicyclic) bond motifs is 1. The molecule has 0 atom stereocenters. The number of hydrogen-bond donors (Lipinski definition) is 1. The van der Waals surface area contributed by atoms with Crippen LogP contribution in [0.25, 0.3) is 11.0 Å². The van der Waals surface area contributed by atoms with E-state index in [-0.39, 0.29) is 5.76 Å². The minimum absolute atomic E-state index is 0.00643. The Bertz CT molecular complexity index is 574. The first-order valence-electron chi connectivity index (χ1n) is 6.62. The Hall–Kier alpha value is -1.81. The molecule has 0 bridgehead atoms. The van der Waals surface area contributed by atoms with Gasteiger partial charge in [-0.05, 0) is 43.3 Å². The molecule has 0 amide bonds. The fourth-order valence-corrected chi connectivity index (χ4v) is 2.22. The second kappa shape index (κ2) is 5.89. The summed E-state index contributed by atoms with van der Waals surface area (Å²) in [6.45, 7) is 7.28. The fourth-order valence-electron chi connectivity index (χ4n) is 2.22. The molecular weight excluding hydrogens is 242 g/mol. The third kappa shape index (κ3) is 3.15. The summed E-state index contributed by atoms with van der Waals surface area (Å²) in [7, 11) is 0. The van der Waals surface area contributed by atoms with Gasteiger partial charge >= 0.3 is 5.97 Å². The maximum atomic E-state index is 10.9. The SMILES string of the molecule is CCCN(CC)Cc1ccc2oc(C(=O)O)cc2c1. The van der Waals surface area contributed by atoms with Gasteiger partial charge in [0.25, 0.3) is 0 Å². The van der Waals surface area contributed by atoms with Crippen molar-refractivity contribution in [3.8, 4) is 0 Å². The topological polar surface area (TPSA) is 53.7 Å². The van der Waals surface area contributed by atoms with Crippen LogP contribution in [0.3, 0.4) is 0 Å². The minimum Gasteiger partial charge on any atom is -0.475 e. The average Bonchev–Trinajstić information content (AvgIpc) is 2.81. The number of carbonyl (C=O) groups is 1. The van der Waals surface area contributed by atoms with E-state index in [2.05, 4.69) is 18.7 Å². The summed E-state index contributed by atoms with van der Waals surface area (Å²) in [6.07, 6.45) is 1.13. The molecule has 4 nitrogen and oxygen atoms in total. The third-order valence-corrected chi connectivity index (χ3v) is 3.18. The zero-order valence-corrected chi connectivity index (χ0v) is 11.3. The van der Waals surface area contributed by atoms with Gasteiger partial charge in [0, 0.05) is 11.9 Å². The summed E-state index contributed by atoms with van der Waals surface area (Å²) in [5.74, 6) is -1.04. The second-order valence-electron chi connectivity index (χ2n) is 4.66. The van der Waals surface area contributed by atoms with Gasteiger partial charge in [0.2, 0.25) is 5.76 Å². The Morgan fingerprint density at radius 2 is 2.11 bits per heavy atom. The summed E-state index contributed by atoms with van der Waals surface area (Å²) in [5.41, 5.74) is 1.81. The molecule has 0 saturated heterocycles.